The van der Waals surface area contributed by atoms with Crippen LogP contribution in [-0.2, 0) is 4.79 Å². The van der Waals surface area contributed by atoms with Gasteiger partial charge in [-0.2, -0.15) is 0 Å². The van der Waals surface area contributed by atoms with Crippen LogP contribution >= 0.6 is 0 Å². The lowest BCUT2D eigenvalue weighted by molar-refractivity contribution is -0.385. The molecular formula is C19H26N2O6. The molecule has 1 saturated carbocycles. The first-order valence-corrected chi connectivity index (χ1v) is 9.33. The second-order valence-electron chi connectivity index (χ2n) is 6.65. The number of hydrogen-bond donors (Lipinski definition) is 1. The molecule has 1 aliphatic carbocycles. The van der Waals surface area contributed by atoms with Gasteiger partial charge in [-0.3, -0.25) is 19.7 Å². The summed E-state index contributed by atoms with van der Waals surface area (Å²) in [5.74, 6) is 0.293. The van der Waals surface area contributed by atoms with Gasteiger partial charge in [-0.15, -0.1) is 0 Å². The minimum absolute atomic E-state index is 0.00170. The molecule has 8 heteroatoms. The van der Waals surface area contributed by atoms with Crippen LogP contribution in [0.5, 0.6) is 5.75 Å². The number of nitro groups is 1. The van der Waals surface area contributed by atoms with Gasteiger partial charge < -0.3 is 14.7 Å². The van der Waals surface area contributed by atoms with E-state index in [4.69, 9.17) is 4.74 Å². The zero-order valence-electron chi connectivity index (χ0n) is 15.3. The number of amides is 1. The van der Waals surface area contributed by atoms with Crippen LogP contribution in [0.1, 0.15) is 55.3 Å². The van der Waals surface area contributed by atoms with E-state index in [0.29, 0.717) is 31.4 Å². The van der Waals surface area contributed by atoms with Crippen molar-refractivity contribution in [3.05, 3.63) is 33.9 Å². The van der Waals surface area contributed by atoms with Crippen LogP contribution in [-0.4, -0.2) is 52.9 Å². The number of aliphatic hydroxyl groups excluding tert-OH is 1. The summed E-state index contributed by atoms with van der Waals surface area (Å²) < 4.78 is 5.49. The van der Waals surface area contributed by atoms with E-state index in [0.717, 1.165) is 25.7 Å². The van der Waals surface area contributed by atoms with E-state index < -0.39 is 4.92 Å². The average Bonchev–Trinajstić information content (AvgIpc) is 2.69. The molecule has 0 bridgehead atoms. The Morgan fingerprint density at radius 1 is 1.33 bits per heavy atom. The summed E-state index contributed by atoms with van der Waals surface area (Å²) in [5.41, 5.74) is -0.306. The molecular weight excluding hydrogens is 352 g/mol. The SMILES string of the molecule is O=Cc1ccc(OCCCC(=O)N(CCO)C2CCCCC2)cc1[N+](=O)[O-]. The topological polar surface area (TPSA) is 110 Å². The van der Waals surface area contributed by atoms with E-state index in [1.165, 1.54) is 24.6 Å². The Balaban J connectivity index is 1.84. The van der Waals surface area contributed by atoms with Crippen LogP contribution in [0.25, 0.3) is 0 Å². The van der Waals surface area contributed by atoms with E-state index in [-0.39, 0.29) is 36.4 Å². The van der Waals surface area contributed by atoms with Gasteiger partial charge in [-0.05, 0) is 31.4 Å². The number of ether oxygens (including phenoxy) is 1. The molecule has 0 aliphatic heterocycles. The maximum absolute atomic E-state index is 12.5. The van der Waals surface area contributed by atoms with E-state index >= 15 is 0 Å². The summed E-state index contributed by atoms with van der Waals surface area (Å²) in [5, 5.41) is 20.2. The van der Waals surface area contributed by atoms with Gasteiger partial charge in [0.05, 0.1) is 29.8 Å². The number of rotatable bonds is 10. The molecule has 2 rings (SSSR count). The van der Waals surface area contributed by atoms with Gasteiger partial charge in [0.1, 0.15) is 5.75 Å². The van der Waals surface area contributed by atoms with Crippen LogP contribution in [0, 0.1) is 10.1 Å². The molecule has 1 aromatic carbocycles. The zero-order chi connectivity index (χ0) is 19.6. The summed E-state index contributed by atoms with van der Waals surface area (Å²) in [6, 6.07) is 4.26. The molecule has 27 heavy (non-hydrogen) atoms. The molecule has 0 saturated heterocycles. The Labute approximate surface area is 158 Å². The van der Waals surface area contributed by atoms with Crippen LogP contribution in [0.3, 0.4) is 0 Å². The molecule has 8 nitrogen and oxygen atoms in total. The number of carbonyl (C=O) groups excluding carboxylic acids is 2. The molecule has 0 heterocycles. The minimum Gasteiger partial charge on any atom is -0.493 e. The van der Waals surface area contributed by atoms with E-state index in [1.54, 1.807) is 4.90 Å². The predicted molar refractivity (Wildman–Crippen MR) is 98.9 cm³/mol. The number of nitrogens with zero attached hydrogens (tertiary/aromatic N) is 2. The van der Waals surface area contributed by atoms with E-state index in [2.05, 4.69) is 0 Å². The zero-order valence-corrected chi connectivity index (χ0v) is 15.3. The van der Waals surface area contributed by atoms with Gasteiger partial charge in [0.25, 0.3) is 5.69 Å². The maximum Gasteiger partial charge on any atom is 0.283 e. The fraction of sp³-hybridized carbons (Fsp3) is 0.579. The van der Waals surface area contributed by atoms with Crippen molar-refractivity contribution in [2.45, 2.75) is 51.0 Å². The highest BCUT2D eigenvalue weighted by atomic mass is 16.6. The Morgan fingerprint density at radius 2 is 2.07 bits per heavy atom. The fourth-order valence-electron chi connectivity index (χ4n) is 3.44. The summed E-state index contributed by atoms with van der Waals surface area (Å²) in [7, 11) is 0. The van der Waals surface area contributed by atoms with E-state index in [9.17, 15) is 24.8 Å². The third kappa shape index (κ3) is 6.02. The number of benzene rings is 1. The van der Waals surface area contributed by atoms with Crippen LogP contribution < -0.4 is 4.74 Å². The fourth-order valence-corrected chi connectivity index (χ4v) is 3.44. The smallest absolute Gasteiger partial charge is 0.283 e. The molecule has 148 valence electrons. The van der Waals surface area contributed by atoms with Crippen molar-refractivity contribution >= 4 is 17.9 Å². The molecule has 1 aliphatic rings. The lowest BCUT2D eigenvalue weighted by Gasteiger charge is -2.34. The van der Waals surface area contributed by atoms with Gasteiger partial charge in [-0.1, -0.05) is 19.3 Å². The molecule has 0 radical (unpaired) electrons. The van der Waals surface area contributed by atoms with Crippen molar-refractivity contribution in [3.8, 4) is 5.75 Å². The third-order valence-electron chi connectivity index (χ3n) is 4.81. The van der Waals surface area contributed by atoms with Gasteiger partial charge >= 0.3 is 0 Å². The predicted octanol–water partition coefficient (Wildman–Crippen LogP) is 2.72. The average molecular weight is 378 g/mol. The first-order valence-electron chi connectivity index (χ1n) is 9.33. The maximum atomic E-state index is 12.5. The Bertz CT molecular complexity index is 658. The van der Waals surface area contributed by atoms with Gasteiger partial charge in [0.15, 0.2) is 6.29 Å². The lowest BCUT2D eigenvalue weighted by Crippen LogP contribution is -2.43. The lowest BCUT2D eigenvalue weighted by atomic mass is 9.94. The number of carbonyl (C=O) groups is 2. The molecule has 0 aromatic heterocycles. The first kappa shape index (κ1) is 20.8. The Kier molecular flexibility index (Phi) is 8.19. The number of hydrogen-bond acceptors (Lipinski definition) is 6. The monoisotopic (exact) mass is 378 g/mol. The second kappa shape index (κ2) is 10.6. The normalized spacial score (nSPS) is 14.6. The molecule has 0 unspecified atom stereocenters. The van der Waals surface area contributed by atoms with Crippen molar-refractivity contribution in [1.29, 1.82) is 0 Å². The van der Waals surface area contributed by atoms with Crippen LogP contribution in [0.15, 0.2) is 18.2 Å². The highest BCUT2D eigenvalue weighted by Gasteiger charge is 2.24. The molecule has 1 N–H and O–H groups in total. The Morgan fingerprint density at radius 3 is 2.70 bits per heavy atom. The largest absolute Gasteiger partial charge is 0.493 e. The van der Waals surface area contributed by atoms with E-state index in [1.807, 2.05) is 0 Å². The molecule has 1 amide bonds. The Hall–Kier alpha value is -2.48. The molecule has 1 aromatic rings. The second-order valence-corrected chi connectivity index (χ2v) is 6.65. The number of aldehydes is 1. The van der Waals surface area contributed by atoms with Crippen LogP contribution in [0.4, 0.5) is 5.69 Å². The van der Waals surface area contributed by atoms with Gasteiger partial charge in [0.2, 0.25) is 5.91 Å². The first-order chi connectivity index (χ1) is 13.1. The minimum atomic E-state index is -0.628. The quantitative estimate of drug-likeness (QED) is 0.290. The summed E-state index contributed by atoms with van der Waals surface area (Å²) in [6.45, 7) is 0.538. The van der Waals surface area contributed by atoms with Crippen molar-refractivity contribution in [1.82, 2.24) is 4.90 Å². The summed E-state index contributed by atoms with van der Waals surface area (Å²) in [6.07, 6.45) is 6.57. The third-order valence-corrected chi connectivity index (χ3v) is 4.81. The molecule has 0 spiro atoms. The van der Waals surface area contributed by atoms with Crippen LogP contribution in [0.2, 0.25) is 0 Å². The number of nitro benzene ring substituents is 1. The standard InChI is InChI=1S/C19H26N2O6/c22-11-10-20(16-5-2-1-3-6-16)19(24)7-4-12-27-17-9-8-15(14-23)18(13-17)21(25)26/h8-9,13-14,16,22H,1-7,10-12H2. The molecule has 1 fully saturated rings. The van der Waals surface area contributed by atoms with Crippen molar-refractivity contribution in [2.24, 2.45) is 0 Å². The summed E-state index contributed by atoms with van der Waals surface area (Å²) in [4.78, 5) is 35.4. The summed E-state index contributed by atoms with van der Waals surface area (Å²) >= 11 is 0. The van der Waals surface area contributed by atoms with Gasteiger partial charge in [-0.25, -0.2) is 0 Å². The highest BCUT2D eigenvalue weighted by Crippen LogP contribution is 2.25. The van der Waals surface area contributed by atoms with Crippen molar-refractivity contribution in [3.63, 3.8) is 0 Å². The molecule has 0 atom stereocenters. The number of aliphatic hydroxyl groups is 1. The van der Waals surface area contributed by atoms with Gasteiger partial charge in [0, 0.05) is 19.0 Å². The van der Waals surface area contributed by atoms with Crippen molar-refractivity contribution < 1.29 is 24.4 Å². The highest BCUT2D eigenvalue weighted by molar-refractivity contribution is 5.81. The van der Waals surface area contributed by atoms with Crippen molar-refractivity contribution in [2.75, 3.05) is 19.8 Å².